The van der Waals surface area contributed by atoms with Crippen molar-refractivity contribution in [1.82, 2.24) is 0 Å². The van der Waals surface area contributed by atoms with Crippen molar-refractivity contribution in [3.05, 3.63) is 84.2 Å². The molecule has 140 valence electrons. The van der Waals surface area contributed by atoms with E-state index in [2.05, 4.69) is 10.6 Å². The quantitative estimate of drug-likeness (QED) is 0.695. The average Bonchev–Trinajstić information content (AvgIpc) is 2.68. The van der Waals surface area contributed by atoms with Crippen LogP contribution in [0.2, 0.25) is 0 Å². The van der Waals surface area contributed by atoms with Gasteiger partial charge in [-0.1, -0.05) is 30.3 Å². The van der Waals surface area contributed by atoms with Crippen LogP contribution < -0.4 is 15.4 Å². The van der Waals surface area contributed by atoms with Crippen molar-refractivity contribution in [2.75, 3.05) is 10.6 Å². The molecule has 0 saturated carbocycles. The number of carbonyl (C=O) groups is 2. The molecule has 1 heterocycles. The molecule has 0 aromatic heterocycles. The minimum atomic E-state index is -0.692. The first-order chi connectivity index (χ1) is 13.6. The van der Waals surface area contributed by atoms with E-state index in [0.29, 0.717) is 28.4 Å². The maximum Gasteiger partial charge on any atom is 0.232 e. The highest BCUT2D eigenvalue weighted by Gasteiger charge is 2.31. The number of nitrogens with one attached hydrogen (secondary N) is 2. The van der Waals surface area contributed by atoms with Crippen molar-refractivity contribution < 1.29 is 18.7 Å². The largest absolute Gasteiger partial charge is 0.457 e. The van der Waals surface area contributed by atoms with Gasteiger partial charge in [-0.2, -0.15) is 0 Å². The predicted molar refractivity (Wildman–Crippen MR) is 104 cm³/mol. The molecule has 5 nitrogen and oxygen atoms in total. The lowest BCUT2D eigenvalue weighted by Crippen LogP contribution is -2.30. The van der Waals surface area contributed by atoms with Gasteiger partial charge in [0.05, 0.1) is 5.92 Å². The molecule has 2 N–H and O–H groups in total. The van der Waals surface area contributed by atoms with E-state index >= 15 is 0 Å². The van der Waals surface area contributed by atoms with Gasteiger partial charge >= 0.3 is 0 Å². The Hall–Kier alpha value is -3.67. The highest BCUT2D eigenvalue weighted by atomic mass is 19.1. The lowest BCUT2D eigenvalue weighted by atomic mass is 9.89. The van der Waals surface area contributed by atoms with Crippen LogP contribution in [0.3, 0.4) is 0 Å². The number of hydrogen-bond donors (Lipinski definition) is 2. The van der Waals surface area contributed by atoms with E-state index in [0.717, 1.165) is 0 Å². The summed E-state index contributed by atoms with van der Waals surface area (Å²) in [6.45, 7) is 0. The van der Waals surface area contributed by atoms with E-state index in [1.54, 1.807) is 24.3 Å². The third-order valence-corrected chi connectivity index (χ3v) is 4.45. The maximum absolute atomic E-state index is 13.5. The molecule has 0 bridgehead atoms. The molecule has 0 spiro atoms. The second-order valence-corrected chi connectivity index (χ2v) is 6.47. The summed E-state index contributed by atoms with van der Waals surface area (Å²) >= 11 is 0. The van der Waals surface area contributed by atoms with Gasteiger partial charge in [0, 0.05) is 23.9 Å². The van der Waals surface area contributed by atoms with Gasteiger partial charge in [0.25, 0.3) is 0 Å². The summed E-state index contributed by atoms with van der Waals surface area (Å²) in [5.74, 6) is -0.549. The Kier molecular flexibility index (Phi) is 4.76. The zero-order chi connectivity index (χ0) is 19.5. The zero-order valence-electron chi connectivity index (χ0n) is 14.8. The molecular formula is C22H17FN2O3. The van der Waals surface area contributed by atoms with Crippen LogP contribution in [0.25, 0.3) is 0 Å². The Morgan fingerprint density at radius 2 is 1.79 bits per heavy atom. The van der Waals surface area contributed by atoms with E-state index in [1.165, 1.54) is 18.2 Å². The van der Waals surface area contributed by atoms with Crippen LogP contribution in [0, 0.1) is 5.82 Å². The molecule has 1 aliphatic heterocycles. The SMILES string of the molecule is O=C1CC(C(=O)Nc2cccc(Oc3ccccc3)c2)c2ccc(F)cc2N1. The Morgan fingerprint density at radius 1 is 1.00 bits per heavy atom. The van der Waals surface area contributed by atoms with Gasteiger partial charge in [0.2, 0.25) is 11.8 Å². The minimum absolute atomic E-state index is 0.00463. The lowest BCUT2D eigenvalue weighted by molar-refractivity contribution is -0.123. The van der Waals surface area contributed by atoms with Crippen LogP contribution >= 0.6 is 0 Å². The number of para-hydroxylation sites is 1. The number of fused-ring (bicyclic) bond motifs is 1. The van der Waals surface area contributed by atoms with Gasteiger partial charge in [-0.05, 0) is 42.0 Å². The van der Waals surface area contributed by atoms with Crippen LogP contribution in [0.15, 0.2) is 72.8 Å². The molecule has 0 saturated heterocycles. The second-order valence-electron chi connectivity index (χ2n) is 6.47. The van der Waals surface area contributed by atoms with Crippen molar-refractivity contribution in [3.8, 4) is 11.5 Å². The Balaban J connectivity index is 1.53. The van der Waals surface area contributed by atoms with E-state index in [9.17, 15) is 14.0 Å². The molecule has 0 aliphatic carbocycles. The monoisotopic (exact) mass is 376 g/mol. The molecule has 0 fully saturated rings. The van der Waals surface area contributed by atoms with Crippen molar-refractivity contribution in [2.24, 2.45) is 0 Å². The van der Waals surface area contributed by atoms with Crippen molar-refractivity contribution >= 4 is 23.2 Å². The topological polar surface area (TPSA) is 67.4 Å². The molecule has 1 atom stereocenters. The van der Waals surface area contributed by atoms with Crippen LogP contribution in [-0.4, -0.2) is 11.8 Å². The number of carbonyl (C=O) groups excluding carboxylic acids is 2. The molecule has 1 aliphatic rings. The van der Waals surface area contributed by atoms with Gasteiger partial charge in [-0.15, -0.1) is 0 Å². The number of hydrogen-bond acceptors (Lipinski definition) is 3. The summed E-state index contributed by atoms with van der Waals surface area (Å²) in [7, 11) is 0. The Labute approximate surface area is 161 Å². The normalized spacial score (nSPS) is 15.3. The van der Waals surface area contributed by atoms with E-state index < -0.39 is 11.7 Å². The highest BCUT2D eigenvalue weighted by molar-refractivity contribution is 6.05. The third-order valence-electron chi connectivity index (χ3n) is 4.45. The smallest absolute Gasteiger partial charge is 0.232 e. The summed E-state index contributed by atoms with van der Waals surface area (Å²) in [5.41, 5.74) is 1.47. The predicted octanol–water partition coefficient (Wildman–Crippen LogP) is 4.68. The first-order valence-electron chi connectivity index (χ1n) is 8.81. The average molecular weight is 376 g/mol. The van der Waals surface area contributed by atoms with Crippen molar-refractivity contribution in [1.29, 1.82) is 0 Å². The number of rotatable bonds is 4. The summed E-state index contributed by atoms with van der Waals surface area (Å²) in [5, 5.41) is 5.43. The zero-order valence-corrected chi connectivity index (χ0v) is 14.8. The third kappa shape index (κ3) is 3.86. The summed E-state index contributed by atoms with van der Waals surface area (Å²) < 4.78 is 19.2. The number of benzene rings is 3. The number of amides is 2. The number of ether oxygens (including phenoxy) is 1. The molecule has 4 rings (SSSR count). The number of halogens is 1. The standard InChI is InChI=1S/C22H17FN2O3/c23-14-9-10-18-19(13-21(26)25-20(18)11-14)22(27)24-15-5-4-8-17(12-15)28-16-6-2-1-3-7-16/h1-12,19H,13H2,(H,24,27)(H,25,26). The van der Waals surface area contributed by atoms with E-state index in [4.69, 9.17) is 4.74 Å². The fourth-order valence-electron chi connectivity index (χ4n) is 3.16. The van der Waals surface area contributed by atoms with Crippen molar-refractivity contribution in [3.63, 3.8) is 0 Å². The molecule has 1 unspecified atom stereocenters. The van der Waals surface area contributed by atoms with Crippen LogP contribution in [0.4, 0.5) is 15.8 Å². The Bertz CT molecular complexity index is 1040. The first-order valence-corrected chi connectivity index (χ1v) is 8.81. The molecule has 2 amide bonds. The van der Waals surface area contributed by atoms with Crippen LogP contribution in [0.1, 0.15) is 17.9 Å². The summed E-state index contributed by atoms with van der Waals surface area (Å²) in [6.07, 6.45) is 0.00463. The van der Waals surface area contributed by atoms with Gasteiger partial charge in [0.15, 0.2) is 0 Å². The Morgan fingerprint density at radius 3 is 2.61 bits per heavy atom. The maximum atomic E-state index is 13.5. The number of anilines is 2. The van der Waals surface area contributed by atoms with Crippen LogP contribution in [0.5, 0.6) is 11.5 Å². The minimum Gasteiger partial charge on any atom is -0.457 e. The second kappa shape index (κ2) is 7.52. The van der Waals surface area contributed by atoms with E-state index in [1.807, 2.05) is 30.3 Å². The molecule has 6 heteroatoms. The van der Waals surface area contributed by atoms with Gasteiger partial charge < -0.3 is 15.4 Å². The lowest BCUT2D eigenvalue weighted by Gasteiger charge is -2.25. The van der Waals surface area contributed by atoms with Gasteiger partial charge in [-0.25, -0.2) is 4.39 Å². The molecule has 3 aromatic rings. The van der Waals surface area contributed by atoms with Crippen LogP contribution in [-0.2, 0) is 9.59 Å². The highest BCUT2D eigenvalue weighted by Crippen LogP contribution is 2.34. The van der Waals surface area contributed by atoms with Gasteiger partial charge in [0.1, 0.15) is 17.3 Å². The van der Waals surface area contributed by atoms with E-state index in [-0.39, 0.29) is 18.2 Å². The first kappa shape index (κ1) is 17.7. The molecule has 0 radical (unpaired) electrons. The molecule has 3 aromatic carbocycles. The fourth-order valence-corrected chi connectivity index (χ4v) is 3.16. The van der Waals surface area contributed by atoms with Crippen molar-refractivity contribution in [2.45, 2.75) is 12.3 Å². The molecule has 28 heavy (non-hydrogen) atoms. The molecular weight excluding hydrogens is 359 g/mol. The van der Waals surface area contributed by atoms with Gasteiger partial charge in [-0.3, -0.25) is 9.59 Å². The summed E-state index contributed by atoms with van der Waals surface area (Å²) in [6, 6.07) is 20.3. The fraction of sp³-hybridized carbons (Fsp3) is 0.0909. The summed E-state index contributed by atoms with van der Waals surface area (Å²) in [4.78, 5) is 24.7.